The van der Waals surface area contributed by atoms with Crippen molar-refractivity contribution in [3.8, 4) is 11.5 Å². The lowest BCUT2D eigenvalue weighted by Gasteiger charge is -2.01. The molecule has 0 atom stereocenters. The molecule has 0 aliphatic carbocycles. The zero-order valence-electron chi connectivity index (χ0n) is 6.66. The summed E-state index contributed by atoms with van der Waals surface area (Å²) in [4.78, 5) is 0. The summed E-state index contributed by atoms with van der Waals surface area (Å²) >= 11 is 5.71. The topological polar surface area (TPSA) is 40.5 Å². The summed E-state index contributed by atoms with van der Waals surface area (Å²) in [6, 6.07) is 8.08. The van der Waals surface area contributed by atoms with Crippen LogP contribution in [0.25, 0.3) is 10.8 Å². The van der Waals surface area contributed by atoms with Crippen LogP contribution >= 0.6 is 11.6 Å². The van der Waals surface area contributed by atoms with Gasteiger partial charge < -0.3 is 10.2 Å². The number of rotatable bonds is 0. The number of benzene rings is 2. The van der Waals surface area contributed by atoms with E-state index in [-0.39, 0.29) is 11.5 Å². The van der Waals surface area contributed by atoms with E-state index in [0.29, 0.717) is 5.02 Å². The lowest BCUT2D eigenvalue weighted by molar-refractivity contribution is 0.474. The van der Waals surface area contributed by atoms with Crippen molar-refractivity contribution in [1.29, 1.82) is 0 Å². The van der Waals surface area contributed by atoms with Crippen LogP contribution < -0.4 is 0 Å². The van der Waals surface area contributed by atoms with Crippen molar-refractivity contribution >= 4 is 22.4 Å². The monoisotopic (exact) mass is 194 g/mol. The molecule has 0 fully saturated rings. The van der Waals surface area contributed by atoms with E-state index in [1.165, 1.54) is 6.07 Å². The average molecular weight is 195 g/mol. The Kier molecular flexibility index (Phi) is 1.78. The van der Waals surface area contributed by atoms with E-state index in [1.807, 2.05) is 0 Å². The first-order valence-electron chi connectivity index (χ1n) is 3.78. The Morgan fingerprint density at radius 2 is 1.69 bits per heavy atom. The number of fused-ring (bicyclic) bond motifs is 1. The van der Waals surface area contributed by atoms with Crippen LogP contribution in [0.2, 0.25) is 5.02 Å². The third-order valence-corrected chi connectivity index (χ3v) is 2.19. The van der Waals surface area contributed by atoms with Gasteiger partial charge in [0.25, 0.3) is 0 Å². The van der Waals surface area contributed by atoms with Crippen molar-refractivity contribution in [2.75, 3.05) is 0 Å². The highest BCUT2D eigenvalue weighted by Gasteiger charge is 2.01. The molecule has 2 N–H and O–H groups in total. The molecule has 0 saturated carbocycles. The molecule has 0 spiro atoms. The second-order valence-corrected chi connectivity index (χ2v) is 3.24. The first-order valence-corrected chi connectivity index (χ1v) is 4.16. The standard InChI is InChI=1S/C10H7ClO2/c11-9-4-6-1-2-8(12)3-7(6)5-10(9)13/h1-5,12-13H. The SMILES string of the molecule is Oc1ccc2cc(Cl)c(O)cc2c1. The van der Waals surface area contributed by atoms with E-state index >= 15 is 0 Å². The highest BCUT2D eigenvalue weighted by atomic mass is 35.5. The van der Waals surface area contributed by atoms with E-state index in [0.717, 1.165) is 10.8 Å². The molecule has 3 heteroatoms. The van der Waals surface area contributed by atoms with Gasteiger partial charge in [-0.05, 0) is 35.0 Å². The van der Waals surface area contributed by atoms with Crippen LogP contribution in [0.5, 0.6) is 11.5 Å². The smallest absolute Gasteiger partial charge is 0.134 e. The van der Waals surface area contributed by atoms with E-state index in [1.54, 1.807) is 24.3 Å². The third-order valence-electron chi connectivity index (χ3n) is 1.89. The van der Waals surface area contributed by atoms with Crippen molar-refractivity contribution in [2.24, 2.45) is 0 Å². The molecule has 0 aromatic heterocycles. The highest BCUT2D eigenvalue weighted by Crippen LogP contribution is 2.30. The Morgan fingerprint density at radius 3 is 2.46 bits per heavy atom. The van der Waals surface area contributed by atoms with Crippen molar-refractivity contribution in [1.82, 2.24) is 0 Å². The van der Waals surface area contributed by atoms with Gasteiger partial charge in [-0.1, -0.05) is 17.7 Å². The van der Waals surface area contributed by atoms with Gasteiger partial charge in [0.1, 0.15) is 11.5 Å². The van der Waals surface area contributed by atoms with Gasteiger partial charge >= 0.3 is 0 Å². The lowest BCUT2D eigenvalue weighted by Crippen LogP contribution is -1.74. The normalized spacial score (nSPS) is 10.5. The Bertz CT molecular complexity index is 466. The van der Waals surface area contributed by atoms with Gasteiger partial charge in [-0.3, -0.25) is 0 Å². The van der Waals surface area contributed by atoms with Crippen molar-refractivity contribution < 1.29 is 10.2 Å². The summed E-state index contributed by atoms with van der Waals surface area (Å²) in [5, 5.41) is 20.4. The minimum absolute atomic E-state index is 0.0276. The third kappa shape index (κ3) is 1.40. The van der Waals surface area contributed by atoms with Gasteiger partial charge in [0.15, 0.2) is 0 Å². The van der Waals surface area contributed by atoms with Crippen molar-refractivity contribution in [3.63, 3.8) is 0 Å². The van der Waals surface area contributed by atoms with Crippen LogP contribution in [0, 0.1) is 0 Å². The Labute approximate surface area is 80.0 Å². The van der Waals surface area contributed by atoms with Gasteiger partial charge in [0, 0.05) is 0 Å². The molecule has 2 aromatic rings. The number of halogens is 1. The number of phenols is 2. The Morgan fingerprint density at radius 1 is 0.923 bits per heavy atom. The van der Waals surface area contributed by atoms with E-state index in [4.69, 9.17) is 11.6 Å². The highest BCUT2D eigenvalue weighted by molar-refractivity contribution is 6.32. The fourth-order valence-electron chi connectivity index (χ4n) is 1.25. The van der Waals surface area contributed by atoms with Gasteiger partial charge in [-0.15, -0.1) is 0 Å². The van der Waals surface area contributed by atoms with Crippen LogP contribution in [-0.4, -0.2) is 10.2 Å². The largest absolute Gasteiger partial charge is 0.508 e. The molecular formula is C10H7ClO2. The lowest BCUT2D eigenvalue weighted by atomic mass is 10.1. The molecule has 13 heavy (non-hydrogen) atoms. The van der Waals surface area contributed by atoms with E-state index in [9.17, 15) is 10.2 Å². The molecule has 0 saturated heterocycles. The van der Waals surface area contributed by atoms with Gasteiger partial charge in [-0.25, -0.2) is 0 Å². The number of hydrogen-bond donors (Lipinski definition) is 2. The summed E-state index contributed by atoms with van der Waals surface area (Å²) in [7, 11) is 0. The van der Waals surface area contributed by atoms with Crippen molar-refractivity contribution in [2.45, 2.75) is 0 Å². The van der Waals surface area contributed by atoms with E-state index < -0.39 is 0 Å². The fourth-order valence-corrected chi connectivity index (χ4v) is 1.42. The molecule has 0 heterocycles. The summed E-state index contributed by atoms with van der Waals surface area (Å²) < 4.78 is 0. The fraction of sp³-hybridized carbons (Fsp3) is 0. The quantitative estimate of drug-likeness (QED) is 0.677. The molecule has 2 aromatic carbocycles. The first kappa shape index (κ1) is 8.20. The minimum atomic E-state index is 0.0276. The second-order valence-electron chi connectivity index (χ2n) is 2.84. The number of phenolic OH excluding ortho intramolecular Hbond substituents is 2. The maximum atomic E-state index is 9.29. The maximum Gasteiger partial charge on any atom is 0.134 e. The number of aromatic hydroxyl groups is 2. The zero-order chi connectivity index (χ0) is 9.42. The molecule has 0 aliphatic heterocycles. The molecule has 2 rings (SSSR count). The molecule has 66 valence electrons. The van der Waals surface area contributed by atoms with Crippen LogP contribution in [-0.2, 0) is 0 Å². The molecule has 0 amide bonds. The summed E-state index contributed by atoms with van der Waals surface area (Å²) in [6.07, 6.45) is 0. The second kappa shape index (κ2) is 2.82. The predicted octanol–water partition coefficient (Wildman–Crippen LogP) is 2.90. The van der Waals surface area contributed by atoms with Crippen LogP contribution in [0.15, 0.2) is 30.3 Å². The van der Waals surface area contributed by atoms with Crippen LogP contribution in [0.3, 0.4) is 0 Å². The van der Waals surface area contributed by atoms with Crippen LogP contribution in [0.4, 0.5) is 0 Å². The summed E-state index contributed by atoms with van der Waals surface area (Å²) in [5.74, 6) is 0.203. The molecule has 0 radical (unpaired) electrons. The first-order chi connectivity index (χ1) is 6.16. The molecule has 0 bridgehead atoms. The molecule has 2 nitrogen and oxygen atoms in total. The van der Waals surface area contributed by atoms with Crippen molar-refractivity contribution in [3.05, 3.63) is 35.4 Å². The van der Waals surface area contributed by atoms with Gasteiger partial charge in [0.2, 0.25) is 0 Å². The number of hydrogen-bond acceptors (Lipinski definition) is 2. The maximum absolute atomic E-state index is 9.29. The summed E-state index contributed by atoms with van der Waals surface area (Å²) in [5.41, 5.74) is 0. The van der Waals surface area contributed by atoms with E-state index in [2.05, 4.69) is 0 Å². The van der Waals surface area contributed by atoms with Crippen LogP contribution in [0.1, 0.15) is 0 Å². The Balaban J connectivity index is 2.81. The zero-order valence-corrected chi connectivity index (χ0v) is 7.42. The minimum Gasteiger partial charge on any atom is -0.508 e. The summed E-state index contributed by atoms with van der Waals surface area (Å²) in [6.45, 7) is 0. The predicted molar refractivity (Wildman–Crippen MR) is 52.3 cm³/mol. The van der Waals surface area contributed by atoms with Gasteiger partial charge in [-0.2, -0.15) is 0 Å². The average Bonchev–Trinajstić information content (AvgIpc) is 2.08. The molecular weight excluding hydrogens is 188 g/mol. The molecule has 0 aliphatic rings. The van der Waals surface area contributed by atoms with Gasteiger partial charge in [0.05, 0.1) is 5.02 Å². The Hall–Kier alpha value is -1.41. The molecule has 0 unspecified atom stereocenters.